The van der Waals surface area contributed by atoms with E-state index in [2.05, 4.69) is 14.9 Å². The normalized spacial score (nSPS) is 24.6. The summed E-state index contributed by atoms with van der Waals surface area (Å²) in [4.78, 5) is 11.5. The van der Waals surface area contributed by atoms with Crippen molar-refractivity contribution in [2.24, 2.45) is 0 Å². The molecule has 0 spiro atoms. The van der Waals surface area contributed by atoms with Crippen LogP contribution in [0.5, 0.6) is 11.6 Å². The maximum Gasteiger partial charge on any atom is 0.508 e. The molecule has 0 bridgehead atoms. The molecule has 188 valence electrons. The quantitative estimate of drug-likeness (QED) is 0.388. The van der Waals surface area contributed by atoms with Crippen LogP contribution in [0.15, 0.2) is 24.3 Å². The number of carbonyl (C=O) groups excluding carboxylic acids is 1. The van der Waals surface area contributed by atoms with Crippen LogP contribution in [0.3, 0.4) is 0 Å². The van der Waals surface area contributed by atoms with Crippen molar-refractivity contribution in [3.05, 3.63) is 41.1 Å². The monoisotopic (exact) mass is 480 g/mol. The van der Waals surface area contributed by atoms with Gasteiger partial charge in [0.2, 0.25) is 12.2 Å². The molecular formula is C23H32N2O9. The summed E-state index contributed by atoms with van der Waals surface area (Å²) in [5.41, 5.74) is 2.46. The molecule has 11 heteroatoms. The third-order valence-electron chi connectivity index (χ3n) is 5.24. The summed E-state index contributed by atoms with van der Waals surface area (Å²) in [6, 6.07) is 7.63. The van der Waals surface area contributed by atoms with Crippen molar-refractivity contribution >= 4 is 6.16 Å². The molecule has 1 saturated heterocycles. The number of hydrogen-bond acceptors (Lipinski definition) is 10. The number of nitrogens with zero attached hydrogens (tertiary/aromatic N) is 1. The lowest BCUT2D eigenvalue weighted by Gasteiger charge is -2.39. The average Bonchev–Trinajstić information content (AvgIpc) is 3.13. The molecule has 1 unspecified atom stereocenters. The van der Waals surface area contributed by atoms with Gasteiger partial charge in [0.15, 0.2) is 0 Å². The third kappa shape index (κ3) is 6.38. The molecule has 0 saturated carbocycles. The Bertz CT molecular complexity index is 931. The zero-order chi connectivity index (χ0) is 24.8. The zero-order valence-corrected chi connectivity index (χ0v) is 19.6. The first-order chi connectivity index (χ1) is 16.2. The minimum Gasteiger partial charge on any atom is -0.491 e. The van der Waals surface area contributed by atoms with E-state index in [0.717, 1.165) is 22.6 Å². The predicted molar refractivity (Wildman–Crippen MR) is 119 cm³/mol. The number of H-pyrrole nitrogens is 1. The molecule has 1 aromatic heterocycles. The molecule has 0 radical (unpaired) electrons. The number of aliphatic hydroxyl groups excluding tert-OH is 3. The van der Waals surface area contributed by atoms with E-state index < -0.39 is 43.5 Å². The Kier molecular flexibility index (Phi) is 8.72. The Morgan fingerprint density at radius 1 is 1.12 bits per heavy atom. The van der Waals surface area contributed by atoms with Crippen LogP contribution in [0.25, 0.3) is 0 Å². The lowest BCUT2D eigenvalue weighted by molar-refractivity contribution is -0.278. The first-order valence-corrected chi connectivity index (χ1v) is 11.1. The van der Waals surface area contributed by atoms with Gasteiger partial charge in [-0.1, -0.05) is 12.1 Å². The van der Waals surface area contributed by atoms with Gasteiger partial charge in [-0.15, -0.1) is 5.10 Å². The molecule has 0 amide bonds. The van der Waals surface area contributed by atoms with E-state index in [4.69, 9.17) is 18.9 Å². The topological polar surface area (TPSA) is 153 Å². The molecule has 4 N–H and O–H groups in total. The summed E-state index contributed by atoms with van der Waals surface area (Å²) >= 11 is 0. The van der Waals surface area contributed by atoms with Gasteiger partial charge in [-0.25, -0.2) is 4.79 Å². The molecular weight excluding hydrogens is 448 g/mol. The number of carbonyl (C=O) groups is 1. The maximum atomic E-state index is 11.5. The van der Waals surface area contributed by atoms with Gasteiger partial charge in [-0.2, -0.15) is 0 Å². The van der Waals surface area contributed by atoms with E-state index in [-0.39, 0.29) is 18.6 Å². The van der Waals surface area contributed by atoms with Crippen molar-refractivity contribution < 1.29 is 43.8 Å². The van der Waals surface area contributed by atoms with Crippen molar-refractivity contribution in [2.75, 3.05) is 13.2 Å². The molecule has 1 aromatic carbocycles. The number of aliphatic hydroxyl groups is 3. The lowest BCUT2D eigenvalue weighted by Crippen LogP contribution is -2.60. The Labute approximate surface area is 197 Å². The maximum absolute atomic E-state index is 11.5. The highest BCUT2D eigenvalue weighted by Gasteiger charge is 2.46. The molecule has 1 fully saturated rings. The van der Waals surface area contributed by atoms with Crippen molar-refractivity contribution in [3.8, 4) is 11.6 Å². The van der Waals surface area contributed by atoms with Gasteiger partial charge in [0.25, 0.3) is 0 Å². The number of aryl methyl sites for hydroxylation is 1. The summed E-state index contributed by atoms with van der Waals surface area (Å²) in [5.74, 6) is 0.944. The fourth-order valence-electron chi connectivity index (χ4n) is 3.47. The van der Waals surface area contributed by atoms with Crippen LogP contribution in [0, 0.1) is 6.92 Å². The van der Waals surface area contributed by atoms with Crippen molar-refractivity contribution in [1.29, 1.82) is 0 Å². The first kappa shape index (κ1) is 25.8. The molecule has 5 atom stereocenters. The van der Waals surface area contributed by atoms with E-state index in [1.54, 1.807) is 6.92 Å². The second-order valence-corrected chi connectivity index (χ2v) is 8.25. The Morgan fingerprint density at radius 3 is 2.47 bits per heavy atom. The number of hydrogen-bond donors (Lipinski definition) is 4. The largest absolute Gasteiger partial charge is 0.508 e. The fourth-order valence-corrected chi connectivity index (χ4v) is 3.47. The molecule has 2 aromatic rings. The summed E-state index contributed by atoms with van der Waals surface area (Å²) in [5, 5.41) is 37.9. The lowest BCUT2D eigenvalue weighted by atomic mass is 9.99. The molecule has 0 aliphatic carbocycles. The first-order valence-electron chi connectivity index (χ1n) is 11.1. The molecule has 3 rings (SSSR count). The molecule has 2 heterocycles. The third-order valence-corrected chi connectivity index (χ3v) is 5.24. The van der Waals surface area contributed by atoms with Gasteiger partial charge >= 0.3 is 6.16 Å². The number of rotatable bonds is 9. The molecule has 11 nitrogen and oxygen atoms in total. The van der Waals surface area contributed by atoms with E-state index >= 15 is 0 Å². The average molecular weight is 481 g/mol. The summed E-state index contributed by atoms with van der Waals surface area (Å²) in [6.45, 7) is 7.08. The fraction of sp³-hybridized carbons (Fsp3) is 0.565. The van der Waals surface area contributed by atoms with Gasteiger partial charge < -0.3 is 39.0 Å². The Morgan fingerprint density at radius 2 is 1.82 bits per heavy atom. The highest BCUT2D eigenvalue weighted by Crippen LogP contribution is 2.28. The summed E-state index contributed by atoms with van der Waals surface area (Å²) in [6.07, 6.45) is -7.56. The highest BCUT2D eigenvalue weighted by molar-refractivity contribution is 5.59. The molecule has 1 aliphatic rings. The number of aromatic amines is 1. The van der Waals surface area contributed by atoms with Crippen molar-refractivity contribution in [1.82, 2.24) is 10.2 Å². The van der Waals surface area contributed by atoms with Crippen LogP contribution in [-0.2, 0) is 20.6 Å². The number of nitrogens with one attached hydrogen (secondary N) is 1. The predicted octanol–water partition coefficient (Wildman–Crippen LogP) is 1.46. The van der Waals surface area contributed by atoms with Gasteiger partial charge in [-0.05, 0) is 45.4 Å². The zero-order valence-electron chi connectivity index (χ0n) is 19.6. The standard InChI is InChI=1S/C23H32N2O9/c1-5-30-23(29)31-11-17-18(26)19(27)20(28)22(33-17)34-21-16(13(4)24-25-21)10-14-6-8-15(9-7-14)32-12(2)3/h6-9,12,17-20,22,26-28H,5,10-11H2,1-4H3,(H,24,25)/t17-,18-,19+,20-,22?/m1/s1. The Hall–Kier alpha value is -2.86. The second-order valence-electron chi connectivity index (χ2n) is 8.25. The highest BCUT2D eigenvalue weighted by atomic mass is 16.7. The van der Waals surface area contributed by atoms with Gasteiger partial charge in [-0.3, -0.25) is 5.10 Å². The molecule has 1 aliphatic heterocycles. The van der Waals surface area contributed by atoms with E-state index in [1.165, 1.54) is 0 Å². The smallest absolute Gasteiger partial charge is 0.491 e. The van der Waals surface area contributed by atoms with Crippen LogP contribution >= 0.6 is 0 Å². The molecule has 34 heavy (non-hydrogen) atoms. The number of ether oxygens (including phenoxy) is 5. The van der Waals surface area contributed by atoms with Crippen LogP contribution in [0.1, 0.15) is 37.6 Å². The Balaban J connectivity index is 1.70. The SMILES string of the molecule is CCOC(=O)OC[C@H]1OC(Oc2n[nH]c(C)c2Cc2ccc(OC(C)C)cc2)[C@H](O)[C@@H](O)[C@@H]1O. The van der Waals surface area contributed by atoms with Crippen molar-refractivity contribution in [2.45, 2.75) is 70.9 Å². The minimum absolute atomic E-state index is 0.0734. The summed E-state index contributed by atoms with van der Waals surface area (Å²) in [7, 11) is 0. The van der Waals surface area contributed by atoms with E-state index in [9.17, 15) is 20.1 Å². The van der Waals surface area contributed by atoms with Crippen LogP contribution < -0.4 is 9.47 Å². The van der Waals surface area contributed by atoms with Gasteiger partial charge in [0, 0.05) is 17.7 Å². The minimum atomic E-state index is -1.59. The van der Waals surface area contributed by atoms with Gasteiger partial charge in [0.1, 0.15) is 36.8 Å². The van der Waals surface area contributed by atoms with Crippen LogP contribution in [-0.4, -0.2) is 81.7 Å². The van der Waals surface area contributed by atoms with Crippen LogP contribution in [0.4, 0.5) is 4.79 Å². The van der Waals surface area contributed by atoms with Crippen LogP contribution in [0.2, 0.25) is 0 Å². The van der Waals surface area contributed by atoms with E-state index in [0.29, 0.717) is 6.42 Å². The summed E-state index contributed by atoms with van der Waals surface area (Å²) < 4.78 is 26.6. The van der Waals surface area contributed by atoms with Gasteiger partial charge in [0.05, 0.1) is 12.7 Å². The van der Waals surface area contributed by atoms with E-state index in [1.807, 2.05) is 45.0 Å². The number of benzene rings is 1. The second kappa shape index (κ2) is 11.5. The van der Waals surface area contributed by atoms with Crippen molar-refractivity contribution in [3.63, 3.8) is 0 Å². The number of aromatic nitrogens is 2.